The topological polar surface area (TPSA) is 9.23 Å². The van der Waals surface area contributed by atoms with Gasteiger partial charge in [0, 0.05) is 0 Å². The van der Waals surface area contributed by atoms with Crippen molar-refractivity contribution < 1.29 is 4.74 Å². The fourth-order valence-electron chi connectivity index (χ4n) is 2.84. The molecule has 0 saturated heterocycles. The van der Waals surface area contributed by atoms with Gasteiger partial charge in [-0.3, -0.25) is 0 Å². The maximum absolute atomic E-state index is 6.14. The van der Waals surface area contributed by atoms with Crippen molar-refractivity contribution in [3.63, 3.8) is 0 Å². The molecule has 0 radical (unpaired) electrons. The van der Waals surface area contributed by atoms with Crippen LogP contribution in [0.2, 0.25) is 0 Å². The first-order valence-corrected chi connectivity index (χ1v) is 7.16. The summed E-state index contributed by atoms with van der Waals surface area (Å²) in [7, 11) is 0. The number of benzene rings is 1. The molecule has 1 heteroatoms. The zero-order valence-corrected chi connectivity index (χ0v) is 11.2. The lowest BCUT2D eigenvalue weighted by atomic mass is 9.84. The first kappa shape index (κ1) is 13.4. The maximum Gasteiger partial charge on any atom is 0.0720 e. The second-order valence-corrected chi connectivity index (χ2v) is 5.26. The maximum atomic E-state index is 6.14. The van der Waals surface area contributed by atoms with Crippen molar-refractivity contribution in [1.29, 1.82) is 0 Å². The highest BCUT2D eigenvalue weighted by Gasteiger charge is 2.23. The number of hydrogen-bond acceptors (Lipinski definition) is 1. The van der Waals surface area contributed by atoms with E-state index in [-0.39, 0.29) is 0 Å². The normalized spacial score (nSPS) is 18.4. The molecule has 0 aromatic heterocycles. The van der Waals surface area contributed by atoms with Crippen molar-refractivity contribution in [2.45, 2.75) is 51.2 Å². The summed E-state index contributed by atoms with van der Waals surface area (Å²) >= 11 is 0. The van der Waals surface area contributed by atoms with E-state index in [1.54, 1.807) is 0 Å². The van der Waals surface area contributed by atoms with Crippen LogP contribution in [0.15, 0.2) is 43.0 Å². The third kappa shape index (κ3) is 3.99. The summed E-state index contributed by atoms with van der Waals surface area (Å²) < 4.78 is 6.14. The Kier molecular flexibility index (Phi) is 5.47. The molecular weight excluding hydrogens is 220 g/mol. The van der Waals surface area contributed by atoms with Gasteiger partial charge in [0.15, 0.2) is 0 Å². The lowest BCUT2D eigenvalue weighted by molar-refractivity contribution is -0.00810. The van der Waals surface area contributed by atoms with Crippen LogP contribution in [0, 0.1) is 5.92 Å². The van der Waals surface area contributed by atoms with Gasteiger partial charge >= 0.3 is 0 Å². The zero-order chi connectivity index (χ0) is 12.6. The fraction of sp³-hybridized carbons (Fsp3) is 0.529. The largest absolute Gasteiger partial charge is 0.373 e. The molecule has 18 heavy (non-hydrogen) atoms. The molecule has 0 spiro atoms. The Bertz CT molecular complexity index is 338. The molecule has 0 N–H and O–H groups in total. The van der Waals surface area contributed by atoms with Gasteiger partial charge < -0.3 is 4.74 Å². The van der Waals surface area contributed by atoms with Gasteiger partial charge in [-0.25, -0.2) is 0 Å². The van der Waals surface area contributed by atoms with Gasteiger partial charge in [0.1, 0.15) is 0 Å². The van der Waals surface area contributed by atoms with E-state index in [9.17, 15) is 0 Å². The second kappa shape index (κ2) is 7.38. The first-order chi connectivity index (χ1) is 8.90. The van der Waals surface area contributed by atoms with Gasteiger partial charge in [-0.2, -0.15) is 0 Å². The van der Waals surface area contributed by atoms with Crippen molar-refractivity contribution >= 4 is 0 Å². The standard InChI is InChI=1S/C17H24O/c1-2-9-17(16-12-7-4-8-13-16)18-14-15-10-5-3-6-11-15/h2-3,5-6,10-11,16-17H,1,4,7-9,12-14H2. The van der Waals surface area contributed by atoms with E-state index in [1.807, 2.05) is 12.1 Å². The summed E-state index contributed by atoms with van der Waals surface area (Å²) in [6.45, 7) is 4.60. The predicted molar refractivity (Wildman–Crippen MR) is 76.4 cm³/mol. The molecule has 1 atom stereocenters. The van der Waals surface area contributed by atoms with Crippen molar-refractivity contribution in [3.8, 4) is 0 Å². The van der Waals surface area contributed by atoms with Crippen molar-refractivity contribution in [2.75, 3.05) is 0 Å². The lowest BCUT2D eigenvalue weighted by Gasteiger charge is -2.29. The zero-order valence-electron chi connectivity index (χ0n) is 11.2. The van der Waals surface area contributed by atoms with Gasteiger partial charge in [0.25, 0.3) is 0 Å². The number of ether oxygens (including phenoxy) is 1. The molecule has 1 aliphatic rings. The van der Waals surface area contributed by atoms with E-state index < -0.39 is 0 Å². The SMILES string of the molecule is C=CCC(OCc1ccccc1)C1CCCCC1. The summed E-state index contributed by atoms with van der Waals surface area (Å²) in [6.07, 6.45) is 10.1. The van der Waals surface area contributed by atoms with Crippen LogP contribution < -0.4 is 0 Å². The summed E-state index contributed by atoms with van der Waals surface area (Å²) in [5.41, 5.74) is 1.27. The Morgan fingerprint density at radius 3 is 2.56 bits per heavy atom. The molecule has 1 nitrogen and oxygen atoms in total. The van der Waals surface area contributed by atoms with E-state index in [0.29, 0.717) is 6.10 Å². The van der Waals surface area contributed by atoms with E-state index in [2.05, 4.69) is 30.8 Å². The quantitative estimate of drug-likeness (QED) is 0.657. The highest BCUT2D eigenvalue weighted by Crippen LogP contribution is 2.30. The Morgan fingerprint density at radius 1 is 1.17 bits per heavy atom. The predicted octanol–water partition coefficient (Wildman–Crippen LogP) is 4.73. The van der Waals surface area contributed by atoms with Crippen LogP contribution in [0.4, 0.5) is 0 Å². The van der Waals surface area contributed by atoms with Crippen LogP contribution in [0.1, 0.15) is 44.1 Å². The van der Waals surface area contributed by atoms with Crippen LogP contribution in [0.25, 0.3) is 0 Å². The minimum atomic E-state index is 0.364. The van der Waals surface area contributed by atoms with E-state index >= 15 is 0 Å². The molecule has 0 amide bonds. The molecule has 1 aromatic carbocycles. The van der Waals surface area contributed by atoms with Crippen LogP contribution in [0.5, 0.6) is 0 Å². The minimum Gasteiger partial charge on any atom is -0.373 e. The van der Waals surface area contributed by atoms with Crippen molar-refractivity contribution in [3.05, 3.63) is 48.6 Å². The van der Waals surface area contributed by atoms with E-state index in [0.717, 1.165) is 18.9 Å². The van der Waals surface area contributed by atoms with Gasteiger partial charge in [-0.1, -0.05) is 55.7 Å². The first-order valence-electron chi connectivity index (χ1n) is 7.16. The fourth-order valence-corrected chi connectivity index (χ4v) is 2.84. The Labute approximate surface area is 111 Å². The van der Waals surface area contributed by atoms with Crippen molar-refractivity contribution in [2.24, 2.45) is 5.92 Å². The summed E-state index contributed by atoms with van der Waals surface area (Å²) in [5, 5.41) is 0. The molecule has 1 unspecified atom stereocenters. The summed E-state index contributed by atoms with van der Waals surface area (Å²) in [4.78, 5) is 0. The number of hydrogen-bond donors (Lipinski definition) is 0. The average Bonchev–Trinajstić information content (AvgIpc) is 2.45. The average molecular weight is 244 g/mol. The smallest absolute Gasteiger partial charge is 0.0720 e. The molecule has 98 valence electrons. The Morgan fingerprint density at radius 2 is 1.89 bits per heavy atom. The van der Waals surface area contributed by atoms with E-state index in [4.69, 9.17) is 4.74 Å². The third-order valence-electron chi connectivity index (χ3n) is 3.88. The van der Waals surface area contributed by atoms with Gasteiger partial charge in [-0.15, -0.1) is 6.58 Å². The molecule has 0 aliphatic heterocycles. The molecule has 1 aliphatic carbocycles. The summed E-state index contributed by atoms with van der Waals surface area (Å²) in [6, 6.07) is 10.5. The molecular formula is C17H24O. The van der Waals surface area contributed by atoms with Gasteiger partial charge in [-0.05, 0) is 30.7 Å². The highest BCUT2D eigenvalue weighted by molar-refractivity contribution is 5.13. The monoisotopic (exact) mass is 244 g/mol. The summed E-state index contributed by atoms with van der Waals surface area (Å²) in [5.74, 6) is 0.737. The van der Waals surface area contributed by atoms with Crippen LogP contribution in [0.3, 0.4) is 0 Å². The molecule has 0 bridgehead atoms. The van der Waals surface area contributed by atoms with Crippen LogP contribution >= 0.6 is 0 Å². The van der Waals surface area contributed by atoms with Gasteiger partial charge in [0.05, 0.1) is 12.7 Å². The number of rotatable bonds is 6. The third-order valence-corrected chi connectivity index (χ3v) is 3.88. The Balaban J connectivity index is 1.87. The highest BCUT2D eigenvalue weighted by atomic mass is 16.5. The lowest BCUT2D eigenvalue weighted by Crippen LogP contribution is -2.25. The molecule has 1 saturated carbocycles. The Hall–Kier alpha value is -1.08. The molecule has 0 heterocycles. The van der Waals surface area contributed by atoms with Crippen LogP contribution in [-0.4, -0.2) is 6.10 Å². The van der Waals surface area contributed by atoms with Crippen molar-refractivity contribution in [1.82, 2.24) is 0 Å². The van der Waals surface area contributed by atoms with Crippen LogP contribution in [-0.2, 0) is 11.3 Å². The second-order valence-electron chi connectivity index (χ2n) is 5.26. The van der Waals surface area contributed by atoms with E-state index in [1.165, 1.54) is 37.7 Å². The minimum absolute atomic E-state index is 0.364. The molecule has 1 fully saturated rings. The molecule has 1 aromatic rings. The van der Waals surface area contributed by atoms with Gasteiger partial charge in [0.2, 0.25) is 0 Å². The molecule has 2 rings (SSSR count).